The molecular weight excluding hydrogens is 310 g/mol. The van der Waals surface area contributed by atoms with Crippen molar-refractivity contribution < 1.29 is 18.3 Å². The van der Waals surface area contributed by atoms with E-state index in [-0.39, 0.29) is 17.6 Å². The molecule has 2 fully saturated rings. The van der Waals surface area contributed by atoms with E-state index in [4.69, 9.17) is 4.74 Å². The molecule has 0 amide bonds. The highest BCUT2D eigenvalue weighted by Crippen LogP contribution is 2.41. The third kappa shape index (κ3) is 4.14. The molecule has 0 saturated heterocycles. The van der Waals surface area contributed by atoms with E-state index >= 15 is 0 Å². The van der Waals surface area contributed by atoms with Crippen LogP contribution in [-0.2, 0) is 4.79 Å². The van der Waals surface area contributed by atoms with Crippen molar-refractivity contribution in [2.24, 2.45) is 23.7 Å². The van der Waals surface area contributed by atoms with Gasteiger partial charge in [0.1, 0.15) is 5.75 Å². The summed E-state index contributed by atoms with van der Waals surface area (Å²) in [5.41, 5.74) is 0. The zero-order valence-electron chi connectivity index (χ0n) is 14.3. The number of hydrogen-bond donors (Lipinski definition) is 0. The van der Waals surface area contributed by atoms with Crippen LogP contribution in [0.1, 0.15) is 58.3 Å². The first-order valence-electron chi connectivity index (χ1n) is 9.19. The molecular formula is C20H26F2O2. The maximum absolute atomic E-state index is 13.2. The van der Waals surface area contributed by atoms with Crippen molar-refractivity contribution in [1.82, 2.24) is 0 Å². The van der Waals surface area contributed by atoms with Crippen LogP contribution in [-0.4, -0.2) is 5.97 Å². The quantitative estimate of drug-likeness (QED) is 0.538. The highest BCUT2D eigenvalue weighted by atomic mass is 19.2. The minimum atomic E-state index is -0.990. The van der Waals surface area contributed by atoms with Gasteiger partial charge in [0.15, 0.2) is 11.6 Å². The van der Waals surface area contributed by atoms with E-state index in [1.807, 2.05) is 0 Å². The summed E-state index contributed by atoms with van der Waals surface area (Å²) in [5, 5.41) is 0. The monoisotopic (exact) mass is 336 g/mol. The number of hydrogen-bond acceptors (Lipinski definition) is 2. The lowest BCUT2D eigenvalue weighted by Gasteiger charge is -2.36. The number of carbonyl (C=O) groups is 1. The summed E-state index contributed by atoms with van der Waals surface area (Å²) in [7, 11) is 0. The fraction of sp³-hybridized carbons (Fsp3) is 0.650. The molecule has 0 aromatic heterocycles. The molecule has 2 nitrogen and oxygen atoms in total. The molecule has 0 heterocycles. The van der Waals surface area contributed by atoms with Crippen LogP contribution in [0.4, 0.5) is 8.78 Å². The predicted molar refractivity (Wildman–Crippen MR) is 88.6 cm³/mol. The van der Waals surface area contributed by atoms with Crippen molar-refractivity contribution in [2.45, 2.75) is 58.3 Å². The Labute approximate surface area is 142 Å². The van der Waals surface area contributed by atoms with Gasteiger partial charge >= 0.3 is 5.97 Å². The van der Waals surface area contributed by atoms with Crippen LogP contribution < -0.4 is 4.74 Å². The summed E-state index contributed by atoms with van der Waals surface area (Å²) in [6.07, 6.45) is 9.18. The van der Waals surface area contributed by atoms with Gasteiger partial charge < -0.3 is 4.74 Å². The van der Waals surface area contributed by atoms with E-state index in [1.165, 1.54) is 31.7 Å². The van der Waals surface area contributed by atoms with E-state index in [0.717, 1.165) is 55.6 Å². The maximum Gasteiger partial charge on any atom is 0.314 e. The topological polar surface area (TPSA) is 26.3 Å². The van der Waals surface area contributed by atoms with E-state index in [1.54, 1.807) is 0 Å². The van der Waals surface area contributed by atoms with E-state index in [0.29, 0.717) is 0 Å². The van der Waals surface area contributed by atoms with Crippen LogP contribution >= 0.6 is 0 Å². The number of esters is 1. The van der Waals surface area contributed by atoms with Gasteiger partial charge in [-0.2, -0.15) is 0 Å². The summed E-state index contributed by atoms with van der Waals surface area (Å²) < 4.78 is 31.3. The molecule has 132 valence electrons. The van der Waals surface area contributed by atoms with Gasteiger partial charge in [-0.05, 0) is 68.4 Å². The normalized spacial score (nSPS) is 30.8. The summed E-state index contributed by atoms with van der Waals surface area (Å²) >= 11 is 0. The molecule has 3 rings (SSSR count). The Hall–Kier alpha value is -1.45. The van der Waals surface area contributed by atoms with Crippen LogP contribution in [0, 0.1) is 35.3 Å². The van der Waals surface area contributed by atoms with Crippen LogP contribution in [0.25, 0.3) is 0 Å². The fourth-order valence-electron chi connectivity index (χ4n) is 4.32. The standard InChI is InChI=1S/C20H26F2O2/c1-13-2-4-14(5-3-13)15-6-8-16(9-7-15)20(23)24-17-10-11-18(21)19(22)12-17/h10-16H,2-9H2,1H3. The summed E-state index contributed by atoms with van der Waals surface area (Å²) in [4.78, 5) is 12.3. The molecule has 2 aliphatic carbocycles. The number of rotatable bonds is 3. The van der Waals surface area contributed by atoms with Gasteiger partial charge in [-0.1, -0.05) is 19.8 Å². The molecule has 0 unspecified atom stereocenters. The summed E-state index contributed by atoms with van der Waals surface area (Å²) in [5.74, 6) is 0.168. The second-order valence-electron chi connectivity index (χ2n) is 7.63. The second-order valence-corrected chi connectivity index (χ2v) is 7.63. The van der Waals surface area contributed by atoms with Gasteiger partial charge in [-0.3, -0.25) is 4.79 Å². The molecule has 0 atom stereocenters. The molecule has 4 heteroatoms. The fourth-order valence-corrected chi connectivity index (χ4v) is 4.32. The SMILES string of the molecule is CC1CCC(C2CCC(C(=O)Oc3ccc(F)c(F)c3)CC2)CC1. The third-order valence-corrected chi connectivity index (χ3v) is 5.94. The lowest BCUT2D eigenvalue weighted by atomic mass is 9.69. The second kappa shape index (κ2) is 7.62. The predicted octanol–water partition coefficient (Wildman–Crippen LogP) is 5.50. The number of carbonyl (C=O) groups excluding carboxylic acids is 1. The number of benzene rings is 1. The molecule has 0 radical (unpaired) electrons. The molecule has 0 N–H and O–H groups in total. The minimum absolute atomic E-state index is 0.0855. The van der Waals surface area contributed by atoms with Gasteiger partial charge in [0, 0.05) is 6.07 Å². The Morgan fingerprint density at radius 3 is 2.08 bits per heavy atom. The molecule has 0 aliphatic heterocycles. The zero-order chi connectivity index (χ0) is 17.1. The van der Waals surface area contributed by atoms with Crippen molar-refractivity contribution >= 4 is 5.97 Å². The lowest BCUT2D eigenvalue weighted by molar-refractivity contribution is -0.140. The Kier molecular flexibility index (Phi) is 5.52. The van der Waals surface area contributed by atoms with Crippen molar-refractivity contribution in [2.75, 3.05) is 0 Å². The molecule has 1 aromatic rings. The average Bonchev–Trinajstić information content (AvgIpc) is 2.59. The van der Waals surface area contributed by atoms with Crippen molar-refractivity contribution in [3.8, 4) is 5.75 Å². The van der Waals surface area contributed by atoms with E-state index in [9.17, 15) is 13.6 Å². The number of ether oxygens (including phenoxy) is 1. The Morgan fingerprint density at radius 1 is 0.917 bits per heavy atom. The van der Waals surface area contributed by atoms with Crippen LogP contribution in [0.2, 0.25) is 0 Å². The highest BCUT2D eigenvalue weighted by Gasteiger charge is 2.33. The van der Waals surface area contributed by atoms with Gasteiger partial charge in [0.2, 0.25) is 0 Å². The Morgan fingerprint density at radius 2 is 1.50 bits per heavy atom. The Balaban J connectivity index is 1.49. The van der Waals surface area contributed by atoms with Crippen molar-refractivity contribution in [1.29, 1.82) is 0 Å². The van der Waals surface area contributed by atoms with Crippen molar-refractivity contribution in [3.63, 3.8) is 0 Å². The largest absolute Gasteiger partial charge is 0.426 e. The minimum Gasteiger partial charge on any atom is -0.426 e. The smallest absolute Gasteiger partial charge is 0.314 e. The highest BCUT2D eigenvalue weighted by molar-refractivity contribution is 5.75. The van der Waals surface area contributed by atoms with Crippen LogP contribution in [0.15, 0.2) is 18.2 Å². The first-order chi connectivity index (χ1) is 11.5. The summed E-state index contributed by atoms with van der Waals surface area (Å²) in [6, 6.07) is 3.21. The van der Waals surface area contributed by atoms with Crippen LogP contribution in [0.5, 0.6) is 5.75 Å². The molecule has 24 heavy (non-hydrogen) atoms. The molecule has 2 aliphatic rings. The van der Waals surface area contributed by atoms with Gasteiger partial charge in [-0.25, -0.2) is 8.78 Å². The molecule has 1 aromatic carbocycles. The molecule has 0 bridgehead atoms. The Bertz CT molecular complexity index is 571. The first-order valence-corrected chi connectivity index (χ1v) is 9.19. The summed E-state index contributed by atoms with van der Waals surface area (Å²) in [6.45, 7) is 2.33. The van der Waals surface area contributed by atoms with Gasteiger partial charge in [0.25, 0.3) is 0 Å². The van der Waals surface area contributed by atoms with Gasteiger partial charge in [-0.15, -0.1) is 0 Å². The van der Waals surface area contributed by atoms with E-state index < -0.39 is 11.6 Å². The zero-order valence-corrected chi connectivity index (χ0v) is 14.3. The van der Waals surface area contributed by atoms with Gasteiger partial charge in [0.05, 0.1) is 5.92 Å². The van der Waals surface area contributed by atoms with E-state index in [2.05, 4.69) is 6.92 Å². The third-order valence-electron chi connectivity index (χ3n) is 5.94. The maximum atomic E-state index is 13.2. The molecule has 2 saturated carbocycles. The average molecular weight is 336 g/mol. The van der Waals surface area contributed by atoms with Crippen molar-refractivity contribution in [3.05, 3.63) is 29.8 Å². The van der Waals surface area contributed by atoms with Crippen LogP contribution in [0.3, 0.4) is 0 Å². The first kappa shape index (κ1) is 17.4. The molecule has 0 spiro atoms. The lowest BCUT2D eigenvalue weighted by Crippen LogP contribution is -2.29. The number of halogens is 2.